The van der Waals surface area contributed by atoms with Crippen molar-refractivity contribution in [3.8, 4) is 5.75 Å². The summed E-state index contributed by atoms with van der Waals surface area (Å²) in [7, 11) is 0. The highest BCUT2D eigenvalue weighted by molar-refractivity contribution is 5.96. The van der Waals surface area contributed by atoms with Crippen LogP contribution in [0.15, 0.2) is 48.5 Å². The molecule has 2 aromatic carbocycles. The highest BCUT2D eigenvalue weighted by atomic mass is 16.6. The van der Waals surface area contributed by atoms with Gasteiger partial charge in [-0.25, -0.2) is 4.79 Å². The maximum absolute atomic E-state index is 12.3. The zero-order chi connectivity index (χ0) is 22.8. The van der Waals surface area contributed by atoms with Gasteiger partial charge in [0.25, 0.3) is 11.8 Å². The fourth-order valence-electron chi connectivity index (χ4n) is 3.00. The Bertz CT molecular complexity index is 889. The highest BCUT2D eigenvalue weighted by Crippen LogP contribution is 2.25. The summed E-state index contributed by atoms with van der Waals surface area (Å²) in [5, 5.41) is 2.64. The summed E-state index contributed by atoms with van der Waals surface area (Å²) in [6.45, 7) is 8.48. The van der Waals surface area contributed by atoms with E-state index in [0.29, 0.717) is 30.1 Å². The monoisotopic (exact) mass is 426 g/mol. The van der Waals surface area contributed by atoms with E-state index in [1.54, 1.807) is 35.2 Å². The summed E-state index contributed by atoms with van der Waals surface area (Å²) >= 11 is 0. The summed E-state index contributed by atoms with van der Waals surface area (Å²) in [5.74, 6) is -0.284. The third-order valence-corrected chi connectivity index (χ3v) is 4.72. The Morgan fingerprint density at radius 1 is 0.935 bits per heavy atom. The van der Waals surface area contributed by atoms with Crippen LogP contribution in [0.3, 0.4) is 0 Å². The number of rotatable bonds is 10. The number of nitrogens with one attached hydrogen (secondary N) is 1. The molecule has 166 valence electrons. The highest BCUT2D eigenvalue weighted by Gasteiger charge is 2.14. The van der Waals surface area contributed by atoms with Gasteiger partial charge in [-0.15, -0.1) is 0 Å². The predicted octanol–water partition coefficient (Wildman–Crippen LogP) is 3.85. The number of amides is 2. The first-order valence-electron chi connectivity index (χ1n) is 10.4. The zero-order valence-electron chi connectivity index (χ0n) is 18.5. The first-order valence-corrected chi connectivity index (χ1v) is 10.4. The molecule has 0 saturated carbocycles. The van der Waals surface area contributed by atoms with E-state index in [2.05, 4.69) is 5.32 Å². The van der Waals surface area contributed by atoms with Gasteiger partial charge in [0.15, 0.2) is 13.2 Å². The van der Waals surface area contributed by atoms with E-state index in [1.807, 2.05) is 45.9 Å². The standard InChI is InChI=1S/C24H30N2O5/c1-5-26(6-2)24(29)18-11-13-19(14-12-18)25-22(27)15-31-23(28)16-30-21-10-8-7-9-20(21)17(3)4/h7-14,17H,5-6,15-16H2,1-4H3,(H,25,27). The van der Waals surface area contributed by atoms with Crippen LogP contribution in [-0.4, -0.2) is 49.0 Å². The van der Waals surface area contributed by atoms with Crippen molar-refractivity contribution in [3.05, 3.63) is 59.7 Å². The third-order valence-electron chi connectivity index (χ3n) is 4.72. The third kappa shape index (κ3) is 7.13. The second-order valence-electron chi connectivity index (χ2n) is 7.24. The van der Waals surface area contributed by atoms with E-state index < -0.39 is 18.5 Å². The number of hydrogen-bond donors (Lipinski definition) is 1. The topological polar surface area (TPSA) is 84.9 Å². The van der Waals surface area contributed by atoms with Crippen molar-refractivity contribution in [2.24, 2.45) is 0 Å². The van der Waals surface area contributed by atoms with E-state index >= 15 is 0 Å². The van der Waals surface area contributed by atoms with Gasteiger partial charge in [0.05, 0.1) is 0 Å². The maximum Gasteiger partial charge on any atom is 0.344 e. The predicted molar refractivity (Wildman–Crippen MR) is 119 cm³/mol. The van der Waals surface area contributed by atoms with Gasteiger partial charge >= 0.3 is 5.97 Å². The van der Waals surface area contributed by atoms with Gasteiger partial charge in [-0.05, 0) is 55.7 Å². The zero-order valence-corrected chi connectivity index (χ0v) is 18.5. The number of esters is 1. The van der Waals surface area contributed by atoms with Crippen LogP contribution in [0.1, 0.15) is 49.5 Å². The number of benzene rings is 2. The molecule has 0 unspecified atom stereocenters. The Morgan fingerprint density at radius 3 is 2.19 bits per heavy atom. The Hall–Kier alpha value is -3.35. The first-order chi connectivity index (χ1) is 14.8. The molecule has 0 aliphatic rings. The fourth-order valence-corrected chi connectivity index (χ4v) is 3.00. The summed E-state index contributed by atoms with van der Waals surface area (Å²) in [5.41, 5.74) is 2.06. The van der Waals surface area contributed by atoms with Crippen molar-refractivity contribution in [1.82, 2.24) is 4.90 Å². The lowest BCUT2D eigenvalue weighted by Gasteiger charge is -2.18. The Morgan fingerprint density at radius 2 is 1.58 bits per heavy atom. The van der Waals surface area contributed by atoms with Crippen LogP contribution in [0.25, 0.3) is 0 Å². The first kappa shape index (κ1) is 23.9. The number of hydrogen-bond acceptors (Lipinski definition) is 5. The minimum atomic E-state index is -0.631. The molecule has 0 aliphatic carbocycles. The number of carbonyl (C=O) groups is 3. The summed E-state index contributed by atoms with van der Waals surface area (Å²) in [4.78, 5) is 38.0. The number of anilines is 1. The fraction of sp³-hybridized carbons (Fsp3) is 0.375. The SMILES string of the molecule is CCN(CC)C(=O)c1ccc(NC(=O)COC(=O)COc2ccccc2C(C)C)cc1. The molecule has 7 heteroatoms. The molecule has 31 heavy (non-hydrogen) atoms. The minimum absolute atomic E-state index is 0.0594. The smallest absolute Gasteiger partial charge is 0.344 e. The van der Waals surface area contributed by atoms with Crippen molar-refractivity contribution in [2.45, 2.75) is 33.6 Å². The molecule has 0 bridgehead atoms. The summed E-state index contributed by atoms with van der Waals surface area (Å²) < 4.78 is 10.5. The van der Waals surface area contributed by atoms with Crippen LogP contribution in [0.5, 0.6) is 5.75 Å². The van der Waals surface area contributed by atoms with Crippen LogP contribution >= 0.6 is 0 Å². The van der Waals surface area contributed by atoms with Crippen LogP contribution < -0.4 is 10.1 Å². The van der Waals surface area contributed by atoms with E-state index in [1.165, 1.54) is 0 Å². The molecule has 1 N–H and O–H groups in total. The number of carbonyl (C=O) groups excluding carboxylic acids is 3. The van der Waals surface area contributed by atoms with Crippen molar-refractivity contribution >= 4 is 23.5 Å². The van der Waals surface area contributed by atoms with E-state index in [-0.39, 0.29) is 18.4 Å². The molecular weight excluding hydrogens is 396 g/mol. The lowest BCUT2D eigenvalue weighted by atomic mass is 10.0. The lowest BCUT2D eigenvalue weighted by molar-refractivity contribution is -0.149. The van der Waals surface area contributed by atoms with E-state index in [0.717, 1.165) is 5.56 Å². The summed E-state index contributed by atoms with van der Waals surface area (Å²) in [6.07, 6.45) is 0. The minimum Gasteiger partial charge on any atom is -0.482 e. The van der Waals surface area contributed by atoms with Gasteiger partial charge in [0.1, 0.15) is 5.75 Å². The molecule has 0 aliphatic heterocycles. The normalized spacial score (nSPS) is 10.5. The van der Waals surface area contributed by atoms with Crippen molar-refractivity contribution in [1.29, 1.82) is 0 Å². The van der Waals surface area contributed by atoms with Gasteiger partial charge in [-0.1, -0.05) is 32.0 Å². The maximum atomic E-state index is 12.3. The molecule has 0 aromatic heterocycles. The molecule has 0 atom stereocenters. The van der Waals surface area contributed by atoms with Gasteiger partial charge in [0, 0.05) is 24.3 Å². The Labute approximate surface area is 183 Å². The largest absolute Gasteiger partial charge is 0.482 e. The average Bonchev–Trinajstić information content (AvgIpc) is 2.77. The van der Waals surface area contributed by atoms with Gasteiger partial charge in [-0.2, -0.15) is 0 Å². The molecule has 7 nitrogen and oxygen atoms in total. The Balaban J connectivity index is 1.80. The van der Waals surface area contributed by atoms with Gasteiger partial charge in [-0.3, -0.25) is 9.59 Å². The van der Waals surface area contributed by atoms with Crippen molar-refractivity contribution in [2.75, 3.05) is 31.6 Å². The Kier molecular flexibility index (Phi) is 9.06. The molecule has 2 rings (SSSR count). The molecule has 0 saturated heterocycles. The molecule has 0 radical (unpaired) electrons. The molecule has 2 amide bonds. The lowest BCUT2D eigenvalue weighted by Crippen LogP contribution is -2.30. The van der Waals surface area contributed by atoms with Crippen molar-refractivity contribution < 1.29 is 23.9 Å². The molecule has 0 spiro atoms. The quantitative estimate of drug-likeness (QED) is 0.583. The summed E-state index contributed by atoms with van der Waals surface area (Å²) in [6, 6.07) is 14.1. The van der Waals surface area contributed by atoms with Crippen molar-refractivity contribution in [3.63, 3.8) is 0 Å². The van der Waals surface area contributed by atoms with E-state index in [4.69, 9.17) is 9.47 Å². The second kappa shape index (κ2) is 11.7. The molecule has 0 heterocycles. The van der Waals surface area contributed by atoms with E-state index in [9.17, 15) is 14.4 Å². The molecular formula is C24H30N2O5. The van der Waals surface area contributed by atoms with Crippen LogP contribution in [-0.2, 0) is 14.3 Å². The molecule has 2 aromatic rings. The number of para-hydroxylation sites is 1. The second-order valence-corrected chi connectivity index (χ2v) is 7.24. The number of nitrogens with zero attached hydrogens (tertiary/aromatic N) is 1. The van der Waals surface area contributed by atoms with Gasteiger partial charge in [0.2, 0.25) is 0 Å². The number of ether oxygens (including phenoxy) is 2. The van der Waals surface area contributed by atoms with Crippen LogP contribution in [0, 0.1) is 0 Å². The molecule has 0 fully saturated rings. The van der Waals surface area contributed by atoms with Gasteiger partial charge < -0.3 is 19.7 Å². The van der Waals surface area contributed by atoms with Crippen LogP contribution in [0.2, 0.25) is 0 Å². The van der Waals surface area contributed by atoms with Crippen LogP contribution in [0.4, 0.5) is 5.69 Å². The average molecular weight is 427 g/mol.